The van der Waals surface area contributed by atoms with E-state index in [4.69, 9.17) is 5.73 Å². The van der Waals surface area contributed by atoms with E-state index in [-0.39, 0.29) is 36.3 Å². The summed E-state index contributed by atoms with van der Waals surface area (Å²) >= 11 is 0. The van der Waals surface area contributed by atoms with Crippen molar-refractivity contribution < 1.29 is 18.3 Å². The van der Waals surface area contributed by atoms with Crippen molar-refractivity contribution in [3.63, 3.8) is 0 Å². The lowest BCUT2D eigenvalue weighted by Gasteiger charge is -2.44. The number of anilines is 1. The van der Waals surface area contributed by atoms with E-state index in [1.807, 2.05) is 0 Å². The Morgan fingerprint density at radius 3 is 2.57 bits per heavy atom. The highest BCUT2D eigenvalue weighted by atomic mass is 19.1. The third-order valence-electron chi connectivity index (χ3n) is 5.37. The van der Waals surface area contributed by atoms with E-state index in [1.54, 1.807) is 12.1 Å². The third-order valence-corrected chi connectivity index (χ3v) is 5.37. The van der Waals surface area contributed by atoms with E-state index in [0.29, 0.717) is 11.4 Å². The number of rotatable bonds is 6. The molecule has 0 aliphatic heterocycles. The van der Waals surface area contributed by atoms with Crippen LogP contribution in [0.15, 0.2) is 48.7 Å². The van der Waals surface area contributed by atoms with Gasteiger partial charge in [0.15, 0.2) is 0 Å². The largest absolute Gasteiger partial charge is 0.375 e. The van der Waals surface area contributed by atoms with E-state index in [1.165, 1.54) is 36.5 Å². The number of nitrogens with two attached hydrogens (primary N) is 1. The van der Waals surface area contributed by atoms with Crippen LogP contribution >= 0.6 is 0 Å². The van der Waals surface area contributed by atoms with Gasteiger partial charge in [-0.15, -0.1) is 10.2 Å². The highest BCUT2D eigenvalue weighted by Crippen LogP contribution is 2.45. The Labute approximate surface area is 171 Å². The molecule has 6 nitrogen and oxygen atoms in total. The Kier molecular flexibility index (Phi) is 5.40. The molecule has 1 unspecified atom stereocenters. The van der Waals surface area contributed by atoms with Gasteiger partial charge in [-0.25, -0.2) is 13.2 Å². The number of alkyl halides is 1. The maximum atomic E-state index is 14.2. The van der Waals surface area contributed by atoms with Crippen molar-refractivity contribution in [3.8, 4) is 11.3 Å². The number of halogens is 3. The summed E-state index contributed by atoms with van der Waals surface area (Å²) in [6.07, 6.45) is -0.419. The molecule has 1 fully saturated rings. The van der Waals surface area contributed by atoms with Gasteiger partial charge in [-0.1, -0.05) is 6.07 Å². The van der Waals surface area contributed by atoms with E-state index in [0.717, 1.165) is 0 Å². The number of benzene rings is 1. The lowest BCUT2D eigenvalue weighted by Crippen LogP contribution is -2.49. The van der Waals surface area contributed by atoms with Crippen molar-refractivity contribution in [2.24, 2.45) is 5.73 Å². The molecule has 1 aromatic carbocycles. The fourth-order valence-electron chi connectivity index (χ4n) is 3.74. The summed E-state index contributed by atoms with van der Waals surface area (Å²) in [6, 6.07) is 9.96. The Morgan fingerprint density at radius 2 is 1.93 bits per heavy atom. The number of hydrogen-bond acceptors (Lipinski definition) is 6. The van der Waals surface area contributed by atoms with Gasteiger partial charge in [0.05, 0.1) is 11.4 Å². The van der Waals surface area contributed by atoms with Crippen LogP contribution in [0.5, 0.6) is 0 Å². The molecule has 0 spiro atoms. The highest BCUT2D eigenvalue weighted by molar-refractivity contribution is 5.61. The van der Waals surface area contributed by atoms with Crippen molar-refractivity contribution in [3.05, 3.63) is 71.6 Å². The van der Waals surface area contributed by atoms with Gasteiger partial charge in [-0.2, -0.15) is 0 Å². The van der Waals surface area contributed by atoms with Crippen molar-refractivity contribution in [1.82, 2.24) is 15.2 Å². The van der Waals surface area contributed by atoms with E-state index in [9.17, 15) is 18.3 Å². The molecule has 2 heterocycles. The summed E-state index contributed by atoms with van der Waals surface area (Å²) in [5.74, 6) is -0.611. The van der Waals surface area contributed by atoms with E-state index < -0.39 is 29.4 Å². The molecule has 3 aromatic rings. The van der Waals surface area contributed by atoms with Crippen LogP contribution in [0, 0.1) is 11.6 Å². The molecule has 4 N–H and O–H groups in total. The monoisotopic (exact) mass is 415 g/mol. The Bertz CT molecular complexity index is 1040. The zero-order valence-corrected chi connectivity index (χ0v) is 15.9. The molecule has 1 saturated carbocycles. The van der Waals surface area contributed by atoms with Gasteiger partial charge in [0.25, 0.3) is 0 Å². The molecule has 30 heavy (non-hydrogen) atoms. The first-order valence-corrected chi connectivity index (χ1v) is 9.44. The first kappa shape index (κ1) is 20.2. The minimum Gasteiger partial charge on any atom is -0.375 e. The van der Waals surface area contributed by atoms with Crippen LogP contribution in [0.1, 0.15) is 30.3 Å². The maximum Gasteiger partial charge on any atom is 0.148 e. The average Bonchev–Trinajstić information content (AvgIpc) is 2.71. The molecule has 2 aromatic heterocycles. The number of nitrogens with zero attached hydrogens (tertiary/aromatic N) is 3. The minimum absolute atomic E-state index is 0.155. The summed E-state index contributed by atoms with van der Waals surface area (Å²) in [6.45, 7) is 0.235. The van der Waals surface area contributed by atoms with Crippen molar-refractivity contribution in [2.75, 3.05) is 11.9 Å². The molecule has 1 atom stereocenters. The molecule has 0 saturated heterocycles. The quantitative estimate of drug-likeness (QED) is 0.535. The number of nitrogens with one attached hydrogen (secondary N) is 1. The van der Waals surface area contributed by atoms with Crippen LogP contribution in [0.25, 0.3) is 11.3 Å². The molecule has 0 bridgehead atoms. The Morgan fingerprint density at radius 1 is 1.13 bits per heavy atom. The standard InChI is InChI=1S/C21H20F3N5O/c22-13-9-21(10-13,19-16(24)2-1-7-26-19)11-27-18-6-5-17(28-29-18)14-8-12(20(25)30)3-4-15(14)23/h1-8,13,20,30H,9-11,25H2,(H,27,29)/t13-,20?,21-. The fourth-order valence-corrected chi connectivity index (χ4v) is 3.74. The predicted molar refractivity (Wildman–Crippen MR) is 105 cm³/mol. The summed E-state index contributed by atoms with van der Waals surface area (Å²) < 4.78 is 42.0. The number of hydrogen-bond donors (Lipinski definition) is 3. The van der Waals surface area contributed by atoms with Gasteiger partial charge < -0.3 is 16.2 Å². The number of pyridine rings is 1. The van der Waals surface area contributed by atoms with Crippen LogP contribution in [0.4, 0.5) is 19.0 Å². The summed E-state index contributed by atoms with van der Waals surface area (Å²) in [5, 5.41) is 20.6. The normalized spacial score (nSPS) is 21.7. The van der Waals surface area contributed by atoms with Crippen LogP contribution in [0.2, 0.25) is 0 Å². The predicted octanol–water partition coefficient (Wildman–Crippen LogP) is 3.25. The molecular weight excluding hydrogens is 395 g/mol. The van der Waals surface area contributed by atoms with E-state index >= 15 is 0 Å². The lowest BCUT2D eigenvalue weighted by atomic mass is 9.65. The van der Waals surface area contributed by atoms with Gasteiger partial charge >= 0.3 is 0 Å². The average molecular weight is 415 g/mol. The molecule has 9 heteroatoms. The number of aliphatic hydroxyl groups is 1. The third kappa shape index (κ3) is 3.86. The SMILES string of the molecule is NC(O)c1ccc(F)c(-c2ccc(NC[C@]3(c4ncccc4F)C[C@H](F)C3)nn2)c1. The van der Waals surface area contributed by atoms with Gasteiger partial charge in [0, 0.05) is 23.7 Å². The van der Waals surface area contributed by atoms with Gasteiger partial charge in [-0.3, -0.25) is 4.98 Å². The smallest absolute Gasteiger partial charge is 0.148 e. The first-order chi connectivity index (χ1) is 14.4. The zero-order valence-electron chi connectivity index (χ0n) is 15.9. The molecule has 4 rings (SSSR count). The lowest BCUT2D eigenvalue weighted by molar-refractivity contribution is 0.0964. The van der Waals surface area contributed by atoms with Crippen LogP contribution < -0.4 is 11.1 Å². The topological polar surface area (TPSA) is 97.0 Å². The Hall–Kier alpha value is -3.04. The molecule has 1 aliphatic rings. The van der Waals surface area contributed by atoms with Crippen molar-refractivity contribution in [2.45, 2.75) is 30.7 Å². The summed E-state index contributed by atoms with van der Waals surface area (Å²) in [5.41, 5.74) is 5.67. The Balaban J connectivity index is 1.52. The van der Waals surface area contributed by atoms with Gasteiger partial charge in [0.2, 0.25) is 0 Å². The van der Waals surface area contributed by atoms with Gasteiger partial charge in [0.1, 0.15) is 29.9 Å². The zero-order chi connectivity index (χ0) is 21.3. The molecule has 156 valence electrons. The van der Waals surface area contributed by atoms with E-state index in [2.05, 4.69) is 20.5 Å². The second-order valence-corrected chi connectivity index (χ2v) is 7.46. The van der Waals surface area contributed by atoms with Crippen LogP contribution in [-0.2, 0) is 5.41 Å². The van der Waals surface area contributed by atoms with Crippen LogP contribution in [-0.4, -0.2) is 33.0 Å². The molecule has 0 amide bonds. The van der Waals surface area contributed by atoms with Crippen molar-refractivity contribution >= 4 is 5.82 Å². The fraction of sp³-hybridized carbons (Fsp3) is 0.286. The molecule has 1 aliphatic carbocycles. The summed E-state index contributed by atoms with van der Waals surface area (Å²) in [4.78, 5) is 4.12. The van der Waals surface area contributed by atoms with Crippen molar-refractivity contribution in [1.29, 1.82) is 0 Å². The van der Waals surface area contributed by atoms with Crippen LogP contribution in [0.3, 0.4) is 0 Å². The molecular formula is C21H20F3N5O. The number of aromatic nitrogens is 3. The van der Waals surface area contributed by atoms with Gasteiger partial charge in [-0.05, 0) is 54.8 Å². The second-order valence-electron chi connectivity index (χ2n) is 7.46. The second kappa shape index (κ2) is 8.00. The molecule has 0 radical (unpaired) electrons. The summed E-state index contributed by atoms with van der Waals surface area (Å²) in [7, 11) is 0. The maximum absolute atomic E-state index is 14.2. The number of aliphatic hydroxyl groups excluding tert-OH is 1. The highest BCUT2D eigenvalue weighted by Gasteiger charge is 2.48. The minimum atomic E-state index is -1.23. The first-order valence-electron chi connectivity index (χ1n) is 9.44.